The van der Waals surface area contributed by atoms with E-state index in [1.807, 2.05) is 0 Å². The van der Waals surface area contributed by atoms with E-state index < -0.39 is 78.9 Å². The quantitative estimate of drug-likeness (QED) is 0.109. The summed E-state index contributed by atoms with van der Waals surface area (Å²) >= 11 is 0. The zero-order chi connectivity index (χ0) is 24.1. The number of rotatable bonds is 8. The first-order valence-corrected chi connectivity index (χ1v) is 13.2. The summed E-state index contributed by atoms with van der Waals surface area (Å²) in [6, 6.07) is -0.819. The second kappa shape index (κ2) is 15.3. The van der Waals surface area contributed by atoms with Crippen LogP contribution in [0.4, 0.5) is 0 Å². The van der Waals surface area contributed by atoms with E-state index in [-0.39, 0.29) is 82.1 Å². The van der Waals surface area contributed by atoms with Gasteiger partial charge >= 0.3 is 83.3 Å². The number of phosphoric ester groups is 1. The molecule has 2 saturated heterocycles. The van der Waals surface area contributed by atoms with E-state index in [2.05, 4.69) is 24.5 Å². The average Bonchev–Trinajstić information content (AvgIpc) is 3.12. The first-order valence-electron chi connectivity index (χ1n) is 8.67. The number of nitrogens with one attached hydrogen (secondary N) is 3. The van der Waals surface area contributed by atoms with Gasteiger partial charge in [0, 0.05) is 7.75 Å². The van der Waals surface area contributed by atoms with Gasteiger partial charge in [-0.25, -0.2) is 18.6 Å². The van der Waals surface area contributed by atoms with E-state index in [1.165, 1.54) is 4.90 Å². The molecule has 3 aliphatic heterocycles. The van der Waals surface area contributed by atoms with Gasteiger partial charge in [-0.05, 0) is 5.90 Å². The Morgan fingerprint density at radius 1 is 1.17 bits per heavy atom. The van der Waals surface area contributed by atoms with Crippen LogP contribution in [0.25, 0.3) is 0 Å². The van der Waals surface area contributed by atoms with E-state index in [9.17, 15) is 48.6 Å². The molecule has 9 unspecified atom stereocenters. The molecule has 0 aliphatic carbocycles. The van der Waals surface area contributed by atoms with Gasteiger partial charge in [-0.2, -0.15) is 0 Å². The van der Waals surface area contributed by atoms with Crippen LogP contribution < -0.4 is 116 Å². The summed E-state index contributed by atoms with van der Waals surface area (Å²) in [5.41, 5.74) is 5.61. The molecule has 0 aromatic rings. The minimum Gasteiger partial charge on any atom is -0.861 e. The molecule has 3 aliphatic rings. The number of aliphatic hydroxyl groups excluding tert-OH is 2. The largest absolute Gasteiger partial charge is 1.00 e. The Bertz CT molecular complexity index is 905. The molecule has 8 N–H and O–H groups in total. The maximum Gasteiger partial charge on any atom is 1.00 e. The van der Waals surface area contributed by atoms with Gasteiger partial charge in [0.1, 0.15) is 24.5 Å². The molecular weight excluding hydrogens is 533 g/mol. The number of hydrogen-bond donors (Lipinski definition) is 7. The molecular formula is C10H19Li4N6O13P3. The molecule has 0 spiro atoms. The fraction of sp³-hybridized carbons (Fsp3) is 0.900. The second-order valence-electron chi connectivity index (χ2n) is 6.86. The predicted octanol–water partition coefficient (Wildman–Crippen LogP) is -19.4. The van der Waals surface area contributed by atoms with Gasteiger partial charge in [-0.15, -0.1) is 0 Å². The van der Waals surface area contributed by atoms with Crippen molar-refractivity contribution < 1.29 is 138 Å². The monoisotopic (exact) mass is 552 g/mol. The maximum absolute atomic E-state index is 11.9. The Labute approximate surface area is 252 Å². The molecule has 19 nitrogen and oxygen atoms in total. The zero-order valence-corrected chi connectivity index (χ0v) is 22.4. The minimum absolute atomic E-state index is 0. The normalized spacial score (nSPS) is 35.4. The number of nitrogens with two attached hydrogens (primary N) is 1. The van der Waals surface area contributed by atoms with Gasteiger partial charge < -0.3 is 44.2 Å². The zero-order valence-electron chi connectivity index (χ0n) is 19.7. The Morgan fingerprint density at radius 2 is 1.75 bits per heavy atom. The number of ether oxygens (including phenoxy) is 1. The molecule has 186 valence electrons. The molecule has 0 bridgehead atoms. The van der Waals surface area contributed by atoms with Crippen LogP contribution in [0.5, 0.6) is 0 Å². The van der Waals surface area contributed by atoms with Gasteiger partial charge in [-0.1, -0.05) is 0 Å². The third kappa shape index (κ3) is 10.4. The van der Waals surface area contributed by atoms with Gasteiger partial charge in [0.05, 0.1) is 25.5 Å². The van der Waals surface area contributed by atoms with Crippen molar-refractivity contribution in [3.05, 3.63) is 0 Å². The molecule has 0 saturated carbocycles. The molecule has 0 aromatic heterocycles. The van der Waals surface area contributed by atoms with Gasteiger partial charge in [0.2, 0.25) is 7.75 Å². The number of nitrogens with zero attached hydrogens (tertiary/aromatic N) is 2. The molecule has 2 fully saturated rings. The van der Waals surface area contributed by atoms with Crippen LogP contribution in [0.15, 0.2) is 4.99 Å². The number of phosphoric acid groups is 1. The van der Waals surface area contributed by atoms with E-state index in [4.69, 9.17) is 10.5 Å². The SMILES string of the molecule is NC1N=C([O-])C2NCN(C3OC(COP(=O)(O)OP(=O)([O-])NP(=O)([O-])[O-])C(O)C3O)C2N1.[Li+].[Li+].[Li+].[Li+]. The van der Waals surface area contributed by atoms with Gasteiger partial charge in [-0.3, -0.25) is 30.4 Å². The van der Waals surface area contributed by atoms with Crippen molar-refractivity contribution in [2.75, 3.05) is 13.3 Å². The molecule has 0 aromatic carbocycles. The smallest absolute Gasteiger partial charge is 0.861 e. The first kappa shape index (κ1) is 40.1. The van der Waals surface area contributed by atoms with Crippen LogP contribution in [-0.4, -0.2) is 82.2 Å². The Morgan fingerprint density at radius 3 is 2.31 bits per heavy atom. The van der Waals surface area contributed by atoms with E-state index in [0.717, 1.165) is 0 Å². The standard InChI is InChI=1S/C10H23N6O13P3.4Li/c11-10-13-7-4(8(19)14-10)12-2-16(7)9-6(18)5(17)3(28-9)1-27-32(25,26)29-31(23,24)15-30(20,21)22;;;;/h3-7,9-10,12-13,17-18H,1-2,11H2,(H,14,19)(H,25,26)(H4,15,20,21,22,23,24);;;;/q;4*+1/p-4. The second-order valence-corrected chi connectivity index (χ2v) is 11.5. The summed E-state index contributed by atoms with van der Waals surface area (Å²) in [5.74, 6) is -0.550. The van der Waals surface area contributed by atoms with E-state index in [0.29, 0.717) is 4.86 Å². The first-order chi connectivity index (χ1) is 14.6. The summed E-state index contributed by atoms with van der Waals surface area (Å²) in [5, 5.41) is 38.0. The molecule has 3 rings (SSSR count). The van der Waals surface area contributed by atoms with Crippen molar-refractivity contribution in [1.82, 2.24) is 20.4 Å². The number of hydrogen-bond acceptors (Lipinski definition) is 17. The molecule has 36 heavy (non-hydrogen) atoms. The Hall–Kier alpha value is 1.99. The van der Waals surface area contributed by atoms with E-state index >= 15 is 0 Å². The predicted molar refractivity (Wildman–Crippen MR) is 91.8 cm³/mol. The topological polar surface area (TPSA) is 310 Å². The fourth-order valence-electron chi connectivity index (χ4n) is 3.33. The van der Waals surface area contributed by atoms with Crippen LogP contribution >= 0.6 is 23.3 Å². The van der Waals surface area contributed by atoms with E-state index in [1.54, 1.807) is 0 Å². The summed E-state index contributed by atoms with van der Waals surface area (Å²) < 4.78 is 47.0. The summed E-state index contributed by atoms with van der Waals surface area (Å²) in [6.45, 7) is -0.999. The van der Waals surface area contributed by atoms with Crippen molar-refractivity contribution in [1.29, 1.82) is 0 Å². The number of aliphatic hydroxyl groups is 2. The van der Waals surface area contributed by atoms with Crippen LogP contribution in [0.1, 0.15) is 0 Å². The number of fused-ring (bicyclic) bond motifs is 1. The van der Waals surface area contributed by atoms with Crippen LogP contribution in [-0.2, 0) is 27.3 Å². The van der Waals surface area contributed by atoms with Crippen molar-refractivity contribution in [2.24, 2.45) is 10.7 Å². The molecule has 0 radical (unpaired) electrons. The van der Waals surface area contributed by atoms with Crippen molar-refractivity contribution >= 4 is 29.2 Å². The minimum atomic E-state index is -5.87. The van der Waals surface area contributed by atoms with Crippen LogP contribution in [0, 0.1) is 0 Å². The average molecular weight is 552 g/mol. The third-order valence-corrected chi connectivity index (χ3v) is 8.68. The third-order valence-electron chi connectivity index (χ3n) is 4.56. The number of aliphatic imine (C=N–C) groups is 1. The van der Waals surface area contributed by atoms with Crippen LogP contribution in [0.2, 0.25) is 0 Å². The molecule has 9 atom stereocenters. The Balaban J connectivity index is 0. The maximum atomic E-state index is 11.9. The van der Waals surface area contributed by atoms with Crippen molar-refractivity contribution in [2.45, 2.75) is 43.0 Å². The van der Waals surface area contributed by atoms with Crippen molar-refractivity contribution in [3.8, 4) is 0 Å². The fourth-order valence-corrected chi connectivity index (χ4v) is 6.62. The molecule has 0 amide bonds. The Kier molecular flexibility index (Phi) is 17.0. The van der Waals surface area contributed by atoms with Crippen LogP contribution in [0.3, 0.4) is 0 Å². The summed E-state index contributed by atoms with van der Waals surface area (Å²) in [6.07, 6.45) is -7.85. The molecule has 26 heteroatoms. The molecule has 3 heterocycles. The van der Waals surface area contributed by atoms with Gasteiger partial charge in [0.25, 0.3) is 0 Å². The van der Waals surface area contributed by atoms with Crippen molar-refractivity contribution in [3.63, 3.8) is 0 Å². The summed E-state index contributed by atoms with van der Waals surface area (Å²) in [7, 11) is -17.2. The van der Waals surface area contributed by atoms with Gasteiger partial charge in [0.15, 0.2) is 6.29 Å². The summed E-state index contributed by atoms with van der Waals surface area (Å²) in [4.78, 5) is 47.2.